The summed E-state index contributed by atoms with van der Waals surface area (Å²) in [6, 6.07) is 10.0. The van der Waals surface area contributed by atoms with Crippen molar-refractivity contribution >= 4 is 23.4 Å². The smallest absolute Gasteiger partial charge is 0.325 e. The van der Waals surface area contributed by atoms with E-state index in [0.29, 0.717) is 23.5 Å². The highest BCUT2D eigenvalue weighted by Crippen LogP contribution is 2.45. The third kappa shape index (κ3) is 4.52. The first-order chi connectivity index (χ1) is 14.3. The highest BCUT2D eigenvalue weighted by molar-refractivity contribution is 7.99. The van der Waals surface area contributed by atoms with Gasteiger partial charge in [0.1, 0.15) is 0 Å². The van der Waals surface area contributed by atoms with Crippen LogP contribution in [0, 0.1) is 5.92 Å². The van der Waals surface area contributed by atoms with E-state index in [-0.39, 0.29) is 11.8 Å². The fourth-order valence-corrected chi connectivity index (χ4v) is 5.42. The first-order valence-corrected chi connectivity index (χ1v) is 11.2. The predicted molar refractivity (Wildman–Crippen MR) is 113 cm³/mol. The topological polar surface area (TPSA) is 32.3 Å². The Labute approximate surface area is 179 Å². The minimum absolute atomic E-state index is 0.179. The van der Waals surface area contributed by atoms with E-state index < -0.39 is 11.7 Å². The van der Waals surface area contributed by atoms with Gasteiger partial charge in [-0.1, -0.05) is 36.9 Å². The van der Waals surface area contributed by atoms with E-state index in [4.69, 9.17) is 0 Å². The summed E-state index contributed by atoms with van der Waals surface area (Å²) >= 11 is 1.34. The summed E-state index contributed by atoms with van der Waals surface area (Å²) < 4.78 is 40.6. The van der Waals surface area contributed by atoms with Gasteiger partial charge in [0.2, 0.25) is 5.91 Å². The number of amides is 1. The van der Waals surface area contributed by atoms with E-state index in [1.54, 1.807) is 0 Å². The molecule has 4 rings (SSSR count). The minimum atomic E-state index is -4.46. The molecule has 0 saturated carbocycles. The molecule has 3 nitrogen and oxygen atoms in total. The summed E-state index contributed by atoms with van der Waals surface area (Å²) in [6.07, 6.45) is -1.23. The molecule has 0 radical (unpaired) electrons. The van der Waals surface area contributed by atoms with Crippen molar-refractivity contribution in [2.75, 3.05) is 25.0 Å². The Hall–Kier alpha value is -1.99. The standard InChI is InChI=1S/C23H25F3N2OS/c1-2-9-28-10-5-7-16(14-28)22(29)27-19-12-17(23(24,25)26)13-21-18(19)11-15-6-3-4-8-20(15)30-21/h3-4,6,8,12-13,16H,2,5,7,9-11,14H2,1H3,(H,27,29). The van der Waals surface area contributed by atoms with Crippen molar-refractivity contribution in [3.05, 3.63) is 53.1 Å². The van der Waals surface area contributed by atoms with Gasteiger partial charge in [-0.05, 0) is 61.7 Å². The molecule has 1 unspecified atom stereocenters. The Morgan fingerprint density at radius 2 is 2.03 bits per heavy atom. The molecule has 30 heavy (non-hydrogen) atoms. The maximum Gasteiger partial charge on any atom is 0.416 e. The number of hydrogen-bond acceptors (Lipinski definition) is 3. The molecule has 1 fully saturated rings. The number of piperidine rings is 1. The molecule has 0 aromatic heterocycles. The number of fused-ring (bicyclic) bond motifs is 2. The third-order valence-corrected chi connectivity index (χ3v) is 6.97. The summed E-state index contributed by atoms with van der Waals surface area (Å²) in [4.78, 5) is 16.8. The lowest BCUT2D eigenvalue weighted by Gasteiger charge is -2.32. The molecule has 7 heteroatoms. The number of benzene rings is 2. The monoisotopic (exact) mass is 434 g/mol. The van der Waals surface area contributed by atoms with Gasteiger partial charge in [-0.3, -0.25) is 4.79 Å². The lowest BCUT2D eigenvalue weighted by Crippen LogP contribution is -2.41. The number of likely N-dealkylation sites (tertiary alicyclic amines) is 1. The van der Waals surface area contributed by atoms with Crippen LogP contribution in [0.1, 0.15) is 42.9 Å². The average molecular weight is 435 g/mol. The van der Waals surface area contributed by atoms with E-state index in [9.17, 15) is 18.0 Å². The Balaban J connectivity index is 1.63. The molecule has 2 aliphatic heterocycles. The van der Waals surface area contributed by atoms with E-state index >= 15 is 0 Å². The minimum Gasteiger partial charge on any atom is -0.325 e. The normalized spacial score (nSPS) is 19.1. The molecule has 0 aliphatic carbocycles. The number of alkyl halides is 3. The Kier molecular flexibility index (Phi) is 6.11. The third-order valence-electron chi connectivity index (χ3n) is 5.77. The number of carbonyl (C=O) groups excluding carboxylic acids is 1. The summed E-state index contributed by atoms with van der Waals surface area (Å²) in [5, 5.41) is 2.87. The van der Waals surface area contributed by atoms with Crippen molar-refractivity contribution in [2.24, 2.45) is 5.92 Å². The number of hydrogen-bond donors (Lipinski definition) is 1. The second-order valence-corrected chi connectivity index (χ2v) is 9.10. The van der Waals surface area contributed by atoms with E-state index in [1.807, 2.05) is 24.3 Å². The van der Waals surface area contributed by atoms with Crippen LogP contribution in [0.25, 0.3) is 0 Å². The quantitative estimate of drug-likeness (QED) is 0.561. The maximum atomic E-state index is 13.5. The van der Waals surface area contributed by atoms with Gasteiger partial charge >= 0.3 is 6.18 Å². The molecule has 2 aromatic rings. The van der Waals surface area contributed by atoms with Gasteiger partial charge in [0.05, 0.1) is 11.5 Å². The zero-order valence-corrected chi connectivity index (χ0v) is 17.7. The van der Waals surface area contributed by atoms with Crippen LogP contribution in [0.3, 0.4) is 0 Å². The van der Waals surface area contributed by atoms with E-state index in [0.717, 1.165) is 54.4 Å². The van der Waals surface area contributed by atoms with Gasteiger partial charge in [0.25, 0.3) is 0 Å². The molecule has 2 aliphatic rings. The molecule has 1 saturated heterocycles. The van der Waals surface area contributed by atoms with Crippen molar-refractivity contribution in [2.45, 2.75) is 48.6 Å². The number of carbonyl (C=O) groups is 1. The second kappa shape index (κ2) is 8.63. The summed E-state index contributed by atoms with van der Waals surface area (Å²) in [5.74, 6) is -0.375. The summed E-state index contributed by atoms with van der Waals surface area (Å²) in [6.45, 7) is 4.69. The first kappa shape index (κ1) is 21.2. The molecule has 2 heterocycles. The lowest BCUT2D eigenvalue weighted by molar-refractivity contribution is -0.137. The zero-order chi connectivity index (χ0) is 21.3. The van der Waals surface area contributed by atoms with Crippen molar-refractivity contribution in [3.63, 3.8) is 0 Å². The van der Waals surface area contributed by atoms with Crippen LogP contribution < -0.4 is 5.32 Å². The van der Waals surface area contributed by atoms with Gasteiger partial charge in [-0.2, -0.15) is 13.2 Å². The fraction of sp³-hybridized carbons (Fsp3) is 0.435. The van der Waals surface area contributed by atoms with Crippen LogP contribution in [-0.2, 0) is 17.4 Å². The number of nitrogens with zero attached hydrogens (tertiary/aromatic N) is 1. The van der Waals surface area contributed by atoms with E-state index in [2.05, 4.69) is 17.1 Å². The van der Waals surface area contributed by atoms with Crippen LogP contribution in [0.4, 0.5) is 18.9 Å². The van der Waals surface area contributed by atoms with Gasteiger partial charge in [0, 0.05) is 28.4 Å². The molecule has 160 valence electrons. The van der Waals surface area contributed by atoms with Gasteiger partial charge in [0.15, 0.2) is 0 Å². The highest BCUT2D eigenvalue weighted by Gasteiger charge is 2.34. The maximum absolute atomic E-state index is 13.5. The Morgan fingerprint density at radius 1 is 1.23 bits per heavy atom. The molecule has 1 amide bonds. The number of nitrogens with one attached hydrogen (secondary N) is 1. The SMILES string of the molecule is CCCN1CCCC(C(=O)Nc2cc(C(F)(F)F)cc3c2Cc2ccccc2S3)C1. The first-order valence-electron chi connectivity index (χ1n) is 10.4. The van der Waals surface area contributed by atoms with Crippen LogP contribution in [-0.4, -0.2) is 30.4 Å². The molecule has 1 N–H and O–H groups in total. The Bertz CT molecular complexity index is 943. The summed E-state index contributed by atoms with van der Waals surface area (Å²) in [5.41, 5.74) is 1.40. The molecular weight excluding hydrogens is 409 g/mol. The van der Waals surface area contributed by atoms with Gasteiger partial charge in [-0.25, -0.2) is 0 Å². The van der Waals surface area contributed by atoms with E-state index in [1.165, 1.54) is 17.8 Å². The lowest BCUT2D eigenvalue weighted by atomic mass is 9.95. The largest absolute Gasteiger partial charge is 0.416 e. The van der Waals surface area contributed by atoms with Crippen molar-refractivity contribution in [3.8, 4) is 0 Å². The molecule has 0 bridgehead atoms. The molecular formula is C23H25F3N2OS. The van der Waals surface area contributed by atoms with Crippen molar-refractivity contribution in [1.29, 1.82) is 0 Å². The number of anilines is 1. The predicted octanol–water partition coefficient (Wildman–Crippen LogP) is 5.82. The highest BCUT2D eigenvalue weighted by atomic mass is 32.2. The van der Waals surface area contributed by atoms with Gasteiger partial charge < -0.3 is 10.2 Å². The molecule has 1 atom stereocenters. The molecule has 0 spiro atoms. The zero-order valence-electron chi connectivity index (χ0n) is 16.9. The number of halogens is 3. The molecule has 2 aromatic carbocycles. The number of rotatable bonds is 4. The van der Waals surface area contributed by atoms with Crippen molar-refractivity contribution in [1.82, 2.24) is 4.90 Å². The Morgan fingerprint density at radius 3 is 2.80 bits per heavy atom. The fourth-order valence-electron chi connectivity index (χ4n) is 4.28. The van der Waals surface area contributed by atoms with Crippen molar-refractivity contribution < 1.29 is 18.0 Å². The summed E-state index contributed by atoms with van der Waals surface area (Å²) in [7, 11) is 0. The van der Waals surface area contributed by atoms with Crippen LogP contribution in [0.2, 0.25) is 0 Å². The van der Waals surface area contributed by atoms with Gasteiger partial charge in [-0.15, -0.1) is 0 Å². The van der Waals surface area contributed by atoms with Crippen LogP contribution >= 0.6 is 11.8 Å². The van der Waals surface area contributed by atoms with Crippen LogP contribution in [0.15, 0.2) is 46.2 Å². The average Bonchev–Trinajstić information content (AvgIpc) is 2.72. The van der Waals surface area contributed by atoms with Crippen LogP contribution in [0.5, 0.6) is 0 Å². The second-order valence-electron chi connectivity index (χ2n) is 8.01.